The van der Waals surface area contributed by atoms with Gasteiger partial charge in [-0.25, -0.2) is 0 Å². The topological polar surface area (TPSA) is 51.2 Å². The third-order valence-electron chi connectivity index (χ3n) is 5.81. The predicted molar refractivity (Wildman–Crippen MR) is 127 cm³/mol. The Morgan fingerprint density at radius 3 is 1.45 bits per heavy atom. The lowest BCUT2D eigenvalue weighted by atomic mass is 9.85. The van der Waals surface area contributed by atoms with E-state index < -0.39 is 0 Å². The van der Waals surface area contributed by atoms with Crippen LogP contribution in [-0.4, -0.2) is 11.6 Å². The zero-order valence-electron chi connectivity index (χ0n) is 19.1. The Balaban J connectivity index is 2.31. The van der Waals surface area contributed by atoms with Crippen LogP contribution >= 0.6 is 8.46 Å². The van der Waals surface area contributed by atoms with Crippen molar-refractivity contribution in [2.75, 3.05) is 0 Å². The van der Waals surface area contributed by atoms with Crippen molar-refractivity contribution in [2.45, 2.75) is 48.5 Å². The standard InChI is InChI=1S/C27H27O3P/c1-14-10-16(3)23(17(4)11-14)26(28)21-8-9-22(31-30)20(7)25(21)27(29)24-18(5)12-15(2)13-19(24)6/h8-13H,1-7H3. The van der Waals surface area contributed by atoms with E-state index in [1.54, 1.807) is 19.1 Å². The molecule has 0 aliphatic heterocycles. The van der Waals surface area contributed by atoms with Crippen molar-refractivity contribution in [1.29, 1.82) is 0 Å². The minimum absolute atomic E-state index is 0.176. The summed E-state index contributed by atoms with van der Waals surface area (Å²) in [4.78, 5) is 27.5. The van der Waals surface area contributed by atoms with Gasteiger partial charge in [-0.2, -0.15) is 0 Å². The van der Waals surface area contributed by atoms with E-state index in [1.165, 1.54) is 0 Å². The second-order valence-corrected chi connectivity index (χ2v) is 9.09. The molecule has 4 heteroatoms. The van der Waals surface area contributed by atoms with Crippen LogP contribution in [0.2, 0.25) is 0 Å². The molecule has 0 fully saturated rings. The number of aryl methyl sites for hydroxylation is 6. The fourth-order valence-electron chi connectivity index (χ4n) is 4.62. The molecule has 0 heterocycles. The number of hydrogen-bond donors (Lipinski definition) is 0. The zero-order chi connectivity index (χ0) is 23.0. The summed E-state index contributed by atoms with van der Waals surface area (Å²) < 4.78 is 11.7. The number of carbonyl (C=O) groups excluding carboxylic acids is 2. The highest BCUT2D eigenvalue weighted by Crippen LogP contribution is 2.28. The summed E-state index contributed by atoms with van der Waals surface area (Å²) in [7, 11) is -0.176. The molecule has 31 heavy (non-hydrogen) atoms. The maximum absolute atomic E-state index is 13.8. The van der Waals surface area contributed by atoms with Crippen LogP contribution in [0, 0.1) is 48.5 Å². The van der Waals surface area contributed by atoms with Gasteiger partial charge in [0.05, 0.1) is 0 Å². The van der Waals surface area contributed by atoms with Gasteiger partial charge in [-0.15, -0.1) is 0 Å². The molecular formula is C27H27O3P. The van der Waals surface area contributed by atoms with E-state index in [9.17, 15) is 14.2 Å². The average Bonchev–Trinajstić information content (AvgIpc) is 2.65. The summed E-state index contributed by atoms with van der Waals surface area (Å²) in [6.45, 7) is 13.4. The normalized spacial score (nSPS) is 11.1. The molecule has 158 valence electrons. The van der Waals surface area contributed by atoms with Gasteiger partial charge in [0.1, 0.15) is 0 Å². The fourth-order valence-corrected chi connectivity index (χ4v) is 5.00. The molecular weight excluding hydrogens is 403 g/mol. The third kappa shape index (κ3) is 4.16. The van der Waals surface area contributed by atoms with E-state index in [-0.39, 0.29) is 20.0 Å². The molecule has 0 amide bonds. The Labute approximate surface area is 185 Å². The van der Waals surface area contributed by atoms with E-state index in [0.717, 1.165) is 33.4 Å². The Morgan fingerprint density at radius 2 is 1.03 bits per heavy atom. The second-order valence-electron chi connectivity index (χ2n) is 8.43. The van der Waals surface area contributed by atoms with Crippen LogP contribution in [-0.2, 0) is 4.57 Å². The Hall–Kier alpha value is -2.90. The molecule has 0 bridgehead atoms. The van der Waals surface area contributed by atoms with Crippen LogP contribution in [0.1, 0.15) is 70.8 Å². The lowest BCUT2D eigenvalue weighted by Gasteiger charge is -2.17. The number of rotatable bonds is 5. The lowest BCUT2D eigenvalue weighted by Crippen LogP contribution is -2.19. The van der Waals surface area contributed by atoms with Crippen LogP contribution in [0.25, 0.3) is 0 Å². The molecule has 0 aromatic heterocycles. The first-order chi connectivity index (χ1) is 14.6. The molecule has 0 N–H and O–H groups in total. The molecule has 0 unspecified atom stereocenters. The van der Waals surface area contributed by atoms with E-state index in [0.29, 0.717) is 33.1 Å². The summed E-state index contributed by atoms with van der Waals surface area (Å²) >= 11 is 0. The summed E-state index contributed by atoms with van der Waals surface area (Å²) in [5.74, 6) is -0.387. The van der Waals surface area contributed by atoms with Crippen LogP contribution in [0.3, 0.4) is 0 Å². The molecule has 0 aliphatic rings. The SMILES string of the molecule is Cc1cc(C)c(C(=O)c2ccc(P=O)c(C)c2C(=O)c2c(C)cc(C)cc2C)c(C)c1. The Bertz CT molecular complexity index is 1210. The maximum atomic E-state index is 13.8. The van der Waals surface area contributed by atoms with Gasteiger partial charge in [-0.1, -0.05) is 35.4 Å². The van der Waals surface area contributed by atoms with Gasteiger partial charge in [0.25, 0.3) is 0 Å². The van der Waals surface area contributed by atoms with Gasteiger partial charge in [-0.3, -0.25) is 14.2 Å². The van der Waals surface area contributed by atoms with Crippen LogP contribution in [0.15, 0.2) is 36.4 Å². The molecule has 0 saturated carbocycles. The minimum Gasteiger partial charge on any atom is -0.289 e. The minimum atomic E-state index is -0.205. The Kier molecular flexibility index (Phi) is 6.38. The molecule has 0 atom stereocenters. The van der Waals surface area contributed by atoms with E-state index in [2.05, 4.69) is 0 Å². The molecule has 0 radical (unpaired) electrons. The van der Waals surface area contributed by atoms with Crippen molar-refractivity contribution in [1.82, 2.24) is 0 Å². The van der Waals surface area contributed by atoms with Gasteiger partial charge >= 0.3 is 0 Å². The number of ketones is 2. The smallest absolute Gasteiger partial charge is 0.194 e. The van der Waals surface area contributed by atoms with E-state index in [1.807, 2.05) is 65.8 Å². The van der Waals surface area contributed by atoms with Crippen LogP contribution < -0.4 is 5.30 Å². The van der Waals surface area contributed by atoms with E-state index >= 15 is 0 Å². The average molecular weight is 430 g/mol. The first kappa shape index (κ1) is 22.8. The summed E-state index contributed by atoms with van der Waals surface area (Å²) in [6.07, 6.45) is 0. The number of benzene rings is 3. The largest absolute Gasteiger partial charge is 0.289 e. The second kappa shape index (κ2) is 8.69. The molecule has 0 spiro atoms. The number of carbonyl (C=O) groups is 2. The van der Waals surface area contributed by atoms with Gasteiger partial charge in [-0.05, 0) is 88.4 Å². The maximum Gasteiger partial charge on any atom is 0.194 e. The third-order valence-corrected chi connectivity index (χ3v) is 6.50. The van der Waals surface area contributed by atoms with Crippen molar-refractivity contribution < 1.29 is 14.2 Å². The van der Waals surface area contributed by atoms with Crippen molar-refractivity contribution in [2.24, 2.45) is 0 Å². The van der Waals surface area contributed by atoms with Crippen molar-refractivity contribution in [3.63, 3.8) is 0 Å². The van der Waals surface area contributed by atoms with Gasteiger partial charge in [0.2, 0.25) is 0 Å². The molecule has 3 aromatic rings. The molecule has 0 saturated heterocycles. The van der Waals surface area contributed by atoms with E-state index in [4.69, 9.17) is 0 Å². The fraction of sp³-hybridized carbons (Fsp3) is 0.259. The van der Waals surface area contributed by atoms with Crippen molar-refractivity contribution in [3.8, 4) is 0 Å². The van der Waals surface area contributed by atoms with Gasteiger partial charge in [0.15, 0.2) is 20.0 Å². The monoisotopic (exact) mass is 430 g/mol. The highest BCUT2D eigenvalue weighted by atomic mass is 31.1. The zero-order valence-corrected chi connectivity index (χ0v) is 20.0. The highest BCUT2D eigenvalue weighted by molar-refractivity contribution is 7.34. The summed E-state index contributed by atoms with van der Waals surface area (Å²) in [6, 6.07) is 11.2. The number of hydrogen-bond acceptors (Lipinski definition) is 3. The van der Waals surface area contributed by atoms with Crippen molar-refractivity contribution >= 4 is 25.3 Å². The van der Waals surface area contributed by atoms with Gasteiger partial charge < -0.3 is 0 Å². The Morgan fingerprint density at radius 1 is 0.613 bits per heavy atom. The van der Waals surface area contributed by atoms with Crippen LogP contribution in [0.5, 0.6) is 0 Å². The van der Waals surface area contributed by atoms with Gasteiger partial charge in [0, 0.05) is 27.6 Å². The predicted octanol–water partition coefficient (Wildman–Crippen LogP) is 6.22. The summed E-state index contributed by atoms with van der Waals surface area (Å²) in [5, 5.41) is 0.514. The first-order valence-electron chi connectivity index (χ1n) is 10.3. The first-order valence-corrected chi connectivity index (χ1v) is 11.1. The molecule has 3 aromatic carbocycles. The van der Waals surface area contributed by atoms with Crippen molar-refractivity contribution in [3.05, 3.63) is 97.6 Å². The molecule has 3 rings (SSSR count). The molecule has 0 aliphatic carbocycles. The summed E-state index contributed by atoms with van der Waals surface area (Å²) in [5.41, 5.74) is 8.14. The highest BCUT2D eigenvalue weighted by Gasteiger charge is 2.27. The van der Waals surface area contributed by atoms with Crippen LogP contribution in [0.4, 0.5) is 0 Å². The molecule has 3 nitrogen and oxygen atoms in total. The quantitative estimate of drug-likeness (QED) is 0.356. The lowest BCUT2D eigenvalue weighted by molar-refractivity contribution is 0.100.